The van der Waals surface area contributed by atoms with Crippen molar-refractivity contribution < 1.29 is 9.18 Å². The van der Waals surface area contributed by atoms with Crippen molar-refractivity contribution >= 4 is 5.91 Å². The van der Waals surface area contributed by atoms with Crippen molar-refractivity contribution in [2.24, 2.45) is 23.5 Å². The summed E-state index contributed by atoms with van der Waals surface area (Å²) in [7, 11) is 0. The second-order valence-electron chi connectivity index (χ2n) is 6.13. The maximum atomic E-state index is 13.8. The lowest BCUT2D eigenvalue weighted by molar-refractivity contribution is -0.126. The molecule has 0 saturated heterocycles. The molecule has 3 atom stereocenters. The van der Waals surface area contributed by atoms with E-state index in [2.05, 4.69) is 5.32 Å². The van der Waals surface area contributed by atoms with Crippen LogP contribution in [-0.4, -0.2) is 5.91 Å². The zero-order valence-electron chi connectivity index (χ0n) is 11.6. The average Bonchev–Trinajstić information content (AvgIpc) is 3.08. The molecule has 1 aromatic carbocycles. The molecule has 1 amide bonds. The third-order valence-corrected chi connectivity index (χ3v) is 4.88. The van der Waals surface area contributed by atoms with Crippen molar-refractivity contribution in [1.29, 1.82) is 0 Å². The minimum atomic E-state index is -0.291. The van der Waals surface area contributed by atoms with Gasteiger partial charge in [-0.2, -0.15) is 0 Å². The first-order valence-corrected chi connectivity index (χ1v) is 7.42. The van der Waals surface area contributed by atoms with E-state index in [0.717, 1.165) is 17.9 Å². The van der Waals surface area contributed by atoms with Gasteiger partial charge in [-0.1, -0.05) is 18.6 Å². The van der Waals surface area contributed by atoms with E-state index in [4.69, 9.17) is 5.73 Å². The molecule has 0 aliphatic heterocycles. The molecule has 20 heavy (non-hydrogen) atoms. The fraction of sp³-hybridized carbons (Fsp3) is 0.562. The van der Waals surface area contributed by atoms with Crippen LogP contribution >= 0.6 is 0 Å². The van der Waals surface area contributed by atoms with E-state index >= 15 is 0 Å². The number of carbonyl (C=O) groups is 1. The van der Waals surface area contributed by atoms with E-state index in [1.807, 2.05) is 6.07 Å². The molecule has 3 rings (SSSR count). The first kappa shape index (κ1) is 13.6. The summed E-state index contributed by atoms with van der Waals surface area (Å²) in [5.74, 6) is 1.27. The number of hydrogen-bond acceptors (Lipinski definition) is 2. The van der Waals surface area contributed by atoms with Gasteiger partial charge in [-0.05, 0) is 42.7 Å². The molecule has 4 heteroatoms. The molecule has 2 bridgehead atoms. The van der Waals surface area contributed by atoms with Gasteiger partial charge in [0.15, 0.2) is 0 Å². The van der Waals surface area contributed by atoms with Crippen LogP contribution in [0.15, 0.2) is 18.2 Å². The van der Waals surface area contributed by atoms with Crippen LogP contribution in [0.25, 0.3) is 0 Å². The molecular formula is C16H21FN2O. The van der Waals surface area contributed by atoms with E-state index in [9.17, 15) is 9.18 Å². The van der Waals surface area contributed by atoms with Gasteiger partial charge in [0, 0.05) is 24.6 Å². The molecular weight excluding hydrogens is 255 g/mol. The number of fused-ring (bicyclic) bond motifs is 2. The predicted octanol–water partition coefficient (Wildman–Crippen LogP) is 2.34. The van der Waals surface area contributed by atoms with Crippen LogP contribution in [0.5, 0.6) is 0 Å². The van der Waals surface area contributed by atoms with Crippen LogP contribution < -0.4 is 11.1 Å². The van der Waals surface area contributed by atoms with Gasteiger partial charge < -0.3 is 11.1 Å². The third-order valence-electron chi connectivity index (χ3n) is 4.88. The van der Waals surface area contributed by atoms with Crippen molar-refractivity contribution in [2.75, 3.05) is 0 Å². The maximum absolute atomic E-state index is 13.8. The molecule has 3 nitrogen and oxygen atoms in total. The van der Waals surface area contributed by atoms with E-state index in [1.165, 1.54) is 25.3 Å². The highest BCUT2D eigenvalue weighted by molar-refractivity contribution is 5.79. The summed E-state index contributed by atoms with van der Waals surface area (Å²) in [5.41, 5.74) is 6.77. The second kappa shape index (κ2) is 5.52. The number of rotatable bonds is 4. The highest BCUT2D eigenvalue weighted by Crippen LogP contribution is 2.48. The number of carbonyl (C=O) groups excluding carboxylic acids is 1. The molecule has 0 aromatic heterocycles. The van der Waals surface area contributed by atoms with Gasteiger partial charge in [0.05, 0.1) is 0 Å². The Morgan fingerprint density at radius 2 is 2.20 bits per heavy atom. The Morgan fingerprint density at radius 3 is 2.80 bits per heavy atom. The summed E-state index contributed by atoms with van der Waals surface area (Å²) in [5, 5.41) is 2.89. The lowest BCUT2D eigenvalue weighted by Crippen LogP contribution is -2.33. The Balaban J connectivity index is 1.58. The van der Waals surface area contributed by atoms with E-state index in [-0.39, 0.29) is 24.2 Å². The average molecular weight is 276 g/mol. The minimum absolute atomic E-state index is 0.0968. The Labute approximate surface area is 118 Å². The molecule has 0 heterocycles. The van der Waals surface area contributed by atoms with Crippen LogP contribution in [0.3, 0.4) is 0 Å². The zero-order valence-corrected chi connectivity index (χ0v) is 11.6. The number of benzene rings is 1. The van der Waals surface area contributed by atoms with Crippen molar-refractivity contribution in [3.05, 3.63) is 35.1 Å². The van der Waals surface area contributed by atoms with Crippen LogP contribution in [0.2, 0.25) is 0 Å². The normalized spacial score (nSPS) is 27.8. The topological polar surface area (TPSA) is 55.1 Å². The lowest BCUT2D eigenvalue weighted by atomic mass is 9.88. The maximum Gasteiger partial charge on any atom is 0.223 e. The summed E-state index contributed by atoms with van der Waals surface area (Å²) < 4.78 is 13.8. The molecule has 3 unspecified atom stereocenters. The number of nitrogens with two attached hydrogens (primary N) is 1. The molecule has 3 N–H and O–H groups in total. The van der Waals surface area contributed by atoms with Gasteiger partial charge in [-0.25, -0.2) is 4.39 Å². The summed E-state index contributed by atoms with van der Waals surface area (Å²) in [6.45, 7) is 0.595. The molecule has 108 valence electrons. The number of nitrogens with one attached hydrogen (secondary N) is 1. The molecule has 0 radical (unpaired) electrons. The van der Waals surface area contributed by atoms with Gasteiger partial charge in [-0.15, -0.1) is 0 Å². The van der Waals surface area contributed by atoms with Gasteiger partial charge in [0.1, 0.15) is 5.82 Å². The van der Waals surface area contributed by atoms with Gasteiger partial charge >= 0.3 is 0 Å². The van der Waals surface area contributed by atoms with E-state index < -0.39 is 0 Å². The summed E-state index contributed by atoms with van der Waals surface area (Å²) in [4.78, 5) is 12.2. The van der Waals surface area contributed by atoms with Crippen molar-refractivity contribution in [3.8, 4) is 0 Å². The number of amides is 1. The smallest absolute Gasteiger partial charge is 0.223 e. The SMILES string of the molecule is NCc1ccc(CNC(=O)C2CC3CCC2C3)c(F)c1. The summed E-state index contributed by atoms with van der Waals surface area (Å²) in [6, 6.07) is 4.96. The Bertz CT molecular complexity index is 517. The van der Waals surface area contributed by atoms with Crippen LogP contribution in [0.4, 0.5) is 4.39 Å². The largest absolute Gasteiger partial charge is 0.352 e. The number of hydrogen-bond donors (Lipinski definition) is 2. The van der Waals surface area contributed by atoms with Crippen LogP contribution in [0.1, 0.15) is 36.8 Å². The molecule has 1 aromatic rings. The highest BCUT2D eigenvalue weighted by atomic mass is 19.1. The second-order valence-corrected chi connectivity index (χ2v) is 6.13. The number of halogens is 1. The van der Waals surface area contributed by atoms with Crippen molar-refractivity contribution in [2.45, 2.75) is 38.8 Å². The fourth-order valence-electron chi connectivity index (χ4n) is 3.74. The van der Waals surface area contributed by atoms with Crippen LogP contribution in [-0.2, 0) is 17.9 Å². The van der Waals surface area contributed by atoms with Crippen LogP contribution in [0, 0.1) is 23.6 Å². The molecule has 2 fully saturated rings. The lowest BCUT2D eigenvalue weighted by Gasteiger charge is -2.20. The molecule has 2 aliphatic rings. The fourth-order valence-corrected chi connectivity index (χ4v) is 3.74. The minimum Gasteiger partial charge on any atom is -0.352 e. The monoisotopic (exact) mass is 276 g/mol. The van der Waals surface area contributed by atoms with Crippen molar-refractivity contribution in [3.63, 3.8) is 0 Å². The first-order valence-electron chi connectivity index (χ1n) is 7.42. The van der Waals surface area contributed by atoms with Gasteiger partial charge in [0.2, 0.25) is 5.91 Å². The summed E-state index contributed by atoms with van der Waals surface area (Å²) >= 11 is 0. The summed E-state index contributed by atoms with van der Waals surface area (Å²) in [6.07, 6.45) is 4.69. The molecule has 0 spiro atoms. The zero-order chi connectivity index (χ0) is 14.1. The predicted molar refractivity (Wildman–Crippen MR) is 75.1 cm³/mol. The van der Waals surface area contributed by atoms with Gasteiger partial charge in [0.25, 0.3) is 0 Å². The Hall–Kier alpha value is -1.42. The highest BCUT2D eigenvalue weighted by Gasteiger charge is 2.42. The Kier molecular flexibility index (Phi) is 3.74. The first-order chi connectivity index (χ1) is 9.67. The van der Waals surface area contributed by atoms with Gasteiger partial charge in [-0.3, -0.25) is 4.79 Å². The van der Waals surface area contributed by atoms with E-state index in [1.54, 1.807) is 6.07 Å². The Morgan fingerprint density at radius 1 is 1.35 bits per heavy atom. The standard InChI is InChI=1S/C16H21FN2O/c17-15-7-11(8-18)2-4-13(15)9-19-16(20)14-6-10-1-3-12(14)5-10/h2,4,7,10,12,14H,1,3,5-6,8-9,18H2,(H,19,20). The third kappa shape index (κ3) is 2.57. The van der Waals surface area contributed by atoms with Crippen molar-refractivity contribution in [1.82, 2.24) is 5.32 Å². The van der Waals surface area contributed by atoms with E-state index in [0.29, 0.717) is 18.0 Å². The molecule has 2 saturated carbocycles. The molecule has 2 aliphatic carbocycles. The quantitative estimate of drug-likeness (QED) is 0.887.